The largest absolute Gasteiger partial charge is 0.351 e. The normalized spacial score (nSPS) is 20.4. The first-order valence-electron chi connectivity index (χ1n) is 2.38. The number of nitrogens with zero attached hydrogens (tertiary/aromatic N) is 1. The number of urea groups is 1. The third-order valence-corrected chi connectivity index (χ3v) is 1.94. The fourth-order valence-electron chi connectivity index (χ4n) is 0.605. The van der Waals surface area contributed by atoms with Crippen molar-refractivity contribution >= 4 is 28.6 Å². The Balaban J connectivity index is 2.25. The van der Waals surface area contributed by atoms with Gasteiger partial charge in [0.15, 0.2) is 0 Å². The lowest BCUT2D eigenvalue weighted by Gasteiger charge is -2.34. The van der Waals surface area contributed by atoms with Crippen molar-refractivity contribution in [3.05, 3.63) is 0 Å². The van der Waals surface area contributed by atoms with Crippen LogP contribution in [-0.4, -0.2) is 27.9 Å². The molecule has 0 unspecified atom stereocenters. The van der Waals surface area contributed by atoms with Gasteiger partial charge in [0.05, 0.1) is 0 Å². The molecule has 1 heterocycles. The SMILES string of the molecule is NC(=O)N1CC(I)C1. The van der Waals surface area contributed by atoms with Crippen molar-refractivity contribution < 1.29 is 4.79 Å². The van der Waals surface area contributed by atoms with Crippen molar-refractivity contribution in [1.82, 2.24) is 4.90 Å². The summed E-state index contributed by atoms with van der Waals surface area (Å²) in [7, 11) is 0. The molecule has 1 fully saturated rings. The third kappa shape index (κ3) is 1.04. The van der Waals surface area contributed by atoms with Crippen molar-refractivity contribution in [3.63, 3.8) is 0 Å². The third-order valence-electron chi connectivity index (χ3n) is 1.15. The van der Waals surface area contributed by atoms with Crippen molar-refractivity contribution in [1.29, 1.82) is 0 Å². The predicted molar refractivity (Wildman–Crippen MR) is 39.0 cm³/mol. The molecule has 46 valence electrons. The molecule has 8 heavy (non-hydrogen) atoms. The van der Waals surface area contributed by atoms with Crippen LogP contribution in [0.3, 0.4) is 0 Å². The molecule has 0 atom stereocenters. The lowest BCUT2D eigenvalue weighted by molar-refractivity contribution is 0.184. The van der Waals surface area contributed by atoms with E-state index < -0.39 is 0 Å². The second-order valence-electron chi connectivity index (χ2n) is 1.84. The van der Waals surface area contributed by atoms with Gasteiger partial charge >= 0.3 is 6.03 Å². The Hall–Kier alpha value is 0. The summed E-state index contributed by atoms with van der Waals surface area (Å²) < 4.78 is 0.625. The van der Waals surface area contributed by atoms with Gasteiger partial charge in [-0.1, -0.05) is 22.6 Å². The second-order valence-corrected chi connectivity index (χ2v) is 3.60. The predicted octanol–water partition coefficient (Wildman–Crippen LogP) is 0.184. The number of primary amides is 1. The zero-order chi connectivity index (χ0) is 6.15. The van der Waals surface area contributed by atoms with Crippen LogP contribution in [0.4, 0.5) is 4.79 Å². The molecule has 0 aromatic rings. The van der Waals surface area contributed by atoms with Crippen LogP contribution in [0.2, 0.25) is 0 Å². The molecule has 2 amide bonds. The molecule has 0 spiro atoms. The number of carbonyl (C=O) groups is 1. The van der Waals surface area contributed by atoms with Crippen LogP contribution in [0.5, 0.6) is 0 Å². The minimum absolute atomic E-state index is 0.294. The van der Waals surface area contributed by atoms with Crippen LogP contribution >= 0.6 is 22.6 Å². The molecule has 1 saturated heterocycles. The maximum absolute atomic E-state index is 10.3. The number of halogens is 1. The highest BCUT2D eigenvalue weighted by Crippen LogP contribution is 2.14. The van der Waals surface area contributed by atoms with Crippen LogP contribution in [0.25, 0.3) is 0 Å². The van der Waals surface area contributed by atoms with E-state index >= 15 is 0 Å². The number of alkyl halides is 1. The molecule has 0 bridgehead atoms. The Morgan fingerprint density at radius 1 is 1.75 bits per heavy atom. The van der Waals surface area contributed by atoms with E-state index in [1.807, 2.05) is 0 Å². The lowest BCUT2D eigenvalue weighted by Crippen LogP contribution is -2.52. The average molecular weight is 226 g/mol. The van der Waals surface area contributed by atoms with Crippen molar-refractivity contribution in [2.75, 3.05) is 13.1 Å². The van der Waals surface area contributed by atoms with Crippen LogP contribution in [-0.2, 0) is 0 Å². The summed E-state index contributed by atoms with van der Waals surface area (Å²) in [5.41, 5.74) is 4.94. The monoisotopic (exact) mass is 226 g/mol. The zero-order valence-electron chi connectivity index (χ0n) is 4.30. The molecule has 1 aliphatic heterocycles. The van der Waals surface area contributed by atoms with E-state index in [1.54, 1.807) is 4.90 Å². The Bertz CT molecular complexity index is 111. The van der Waals surface area contributed by atoms with Crippen LogP contribution in [0.15, 0.2) is 0 Å². The molecular weight excluding hydrogens is 219 g/mol. The quantitative estimate of drug-likeness (QED) is 0.465. The van der Waals surface area contributed by atoms with Gasteiger partial charge in [-0.2, -0.15) is 0 Å². The zero-order valence-corrected chi connectivity index (χ0v) is 6.46. The highest BCUT2D eigenvalue weighted by molar-refractivity contribution is 14.1. The summed E-state index contributed by atoms with van der Waals surface area (Å²) in [5, 5.41) is 0. The molecule has 1 aliphatic rings. The minimum atomic E-state index is -0.294. The fourth-order valence-corrected chi connectivity index (χ4v) is 1.56. The number of hydrogen-bond acceptors (Lipinski definition) is 1. The van der Waals surface area contributed by atoms with Gasteiger partial charge in [0.2, 0.25) is 0 Å². The van der Waals surface area contributed by atoms with Gasteiger partial charge in [-0.3, -0.25) is 0 Å². The van der Waals surface area contributed by atoms with Crippen LogP contribution in [0, 0.1) is 0 Å². The lowest BCUT2D eigenvalue weighted by atomic mass is 10.2. The molecule has 4 heteroatoms. The molecule has 0 aromatic carbocycles. The Morgan fingerprint density at radius 3 is 2.38 bits per heavy atom. The van der Waals surface area contributed by atoms with Gasteiger partial charge < -0.3 is 10.6 Å². The summed E-state index contributed by atoms with van der Waals surface area (Å²) >= 11 is 2.29. The first-order chi connectivity index (χ1) is 3.70. The van der Waals surface area contributed by atoms with Crippen molar-refractivity contribution in [2.45, 2.75) is 3.92 Å². The number of nitrogens with two attached hydrogens (primary N) is 1. The molecule has 0 aromatic heterocycles. The maximum Gasteiger partial charge on any atom is 0.314 e. The van der Waals surface area contributed by atoms with Gasteiger partial charge in [0.1, 0.15) is 0 Å². The summed E-state index contributed by atoms with van der Waals surface area (Å²) in [5.74, 6) is 0. The number of hydrogen-bond donors (Lipinski definition) is 1. The first-order valence-corrected chi connectivity index (χ1v) is 3.63. The summed E-state index contributed by atoms with van der Waals surface area (Å²) in [6, 6.07) is -0.294. The van der Waals surface area contributed by atoms with Gasteiger partial charge in [-0.05, 0) is 0 Å². The number of carbonyl (C=O) groups excluding carboxylic acids is 1. The molecular formula is C4H7IN2O. The fraction of sp³-hybridized carbons (Fsp3) is 0.750. The number of amides is 2. The molecule has 0 aliphatic carbocycles. The first kappa shape index (κ1) is 6.12. The van der Waals surface area contributed by atoms with Gasteiger partial charge in [-0.25, -0.2) is 4.79 Å². The van der Waals surface area contributed by atoms with Gasteiger partial charge in [0, 0.05) is 17.0 Å². The Labute approximate surface area is 61.4 Å². The molecule has 3 nitrogen and oxygen atoms in total. The number of likely N-dealkylation sites (tertiary alicyclic amines) is 1. The maximum atomic E-state index is 10.3. The molecule has 0 radical (unpaired) electrons. The second kappa shape index (κ2) is 2.08. The van der Waals surface area contributed by atoms with E-state index in [2.05, 4.69) is 22.6 Å². The Kier molecular flexibility index (Phi) is 1.59. The minimum Gasteiger partial charge on any atom is -0.351 e. The summed E-state index contributed by atoms with van der Waals surface area (Å²) in [6.45, 7) is 1.66. The van der Waals surface area contributed by atoms with Crippen LogP contribution < -0.4 is 5.73 Å². The van der Waals surface area contributed by atoms with Gasteiger partial charge in [0.25, 0.3) is 0 Å². The molecule has 2 N–H and O–H groups in total. The van der Waals surface area contributed by atoms with E-state index in [4.69, 9.17) is 5.73 Å². The van der Waals surface area contributed by atoms with E-state index in [0.717, 1.165) is 13.1 Å². The topological polar surface area (TPSA) is 46.3 Å². The van der Waals surface area contributed by atoms with E-state index in [-0.39, 0.29) is 6.03 Å². The van der Waals surface area contributed by atoms with Crippen LogP contribution in [0.1, 0.15) is 0 Å². The van der Waals surface area contributed by atoms with E-state index in [9.17, 15) is 4.79 Å². The summed E-state index contributed by atoms with van der Waals surface area (Å²) in [6.07, 6.45) is 0. The smallest absolute Gasteiger partial charge is 0.314 e. The number of rotatable bonds is 0. The van der Waals surface area contributed by atoms with E-state index in [1.165, 1.54) is 0 Å². The van der Waals surface area contributed by atoms with Crippen molar-refractivity contribution in [2.24, 2.45) is 5.73 Å². The highest BCUT2D eigenvalue weighted by atomic mass is 127. The highest BCUT2D eigenvalue weighted by Gasteiger charge is 2.25. The summed E-state index contributed by atoms with van der Waals surface area (Å²) in [4.78, 5) is 11.9. The standard InChI is InChI=1S/C4H7IN2O/c5-3-1-7(2-3)4(6)8/h3H,1-2H2,(H2,6,8). The van der Waals surface area contributed by atoms with E-state index in [0.29, 0.717) is 3.92 Å². The van der Waals surface area contributed by atoms with Gasteiger partial charge in [-0.15, -0.1) is 0 Å². The molecule has 0 saturated carbocycles. The average Bonchev–Trinajstić information content (AvgIpc) is 1.57. The molecule has 1 rings (SSSR count). The Morgan fingerprint density at radius 2 is 2.25 bits per heavy atom. The van der Waals surface area contributed by atoms with Crippen molar-refractivity contribution in [3.8, 4) is 0 Å².